The standard InChI is InChI=1S/C18H14F4N8OS/c19-9-1-3-29(7-9)17-26-13-5-10(2-4-30(13)28-17)24-15(31)14-11(6-23-27-14)16-25-12(8-32-16)18(20,21)22/h2,4-6,8-9H,1,3,7H2,(H,23,27)(H,24,31). The zero-order valence-corrected chi connectivity index (χ0v) is 16.9. The molecule has 0 saturated carbocycles. The van der Waals surface area contributed by atoms with E-state index in [9.17, 15) is 22.4 Å². The Bertz CT molecular complexity index is 1300. The number of aromatic amines is 1. The van der Waals surface area contributed by atoms with Gasteiger partial charge in [-0.25, -0.2) is 13.9 Å². The SMILES string of the molecule is O=C(Nc1ccn2nc(N3CCC(F)C3)nc2c1)c1[nH]ncc1-c1nc(C(F)(F)F)cs1. The Morgan fingerprint density at radius 2 is 2.16 bits per heavy atom. The van der Waals surface area contributed by atoms with E-state index < -0.39 is 23.9 Å². The number of nitrogens with one attached hydrogen (secondary N) is 2. The summed E-state index contributed by atoms with van der Waals surface area (Å²) in [6.07, 6.45) is -2.23. The minimum Gasteiger partial charge on any atom is -0.336 e. The summed E-state index contributed by atoms with van der Waals surface area (Å²) in [5.41, 5.74) is -0.0680. The number of nitrogens with zero attached hydrogens (tertiary/aromatic N) is 6. The quantitative estimate of drug-likeness (QED) is 0.447. The number of rotatable bonds is 4. The summed E-state index contributed by atoms with van der Waals surface area (Å²) < 4.78 is 53.5. The van der Waals surface area contributed by atoms with Crippen LogP contribution in [0.15, 0.2) is 29.9 Å². The van der Waals surface area contributed by atoms with Gasteiger partial charge >= 0.3 is 6.18 Å². The van der Waals surface area contributed by atoms with Gasteiger partial charge in [0.05, 0.1) is 18.3 Å². The first-order valence-corrected chi connectivity index (χ1v) is 10.3. The van der Waals surface area contributed by atoms with Crippen molar-refractivity contribution < 1.29 is 22.4 Å². The van der Waals surface area contributed by atoms with Crippen LogP contribution in [0.2, 0.25) is 0 Å². The van der Waals surface area contributed by atoms with Crippen LogP contribution in [-0.4, -0.2) is 54.9 Å². The maximum atomic E-state index is 13.5. The molecule has 0 bridgehead atoms. The van der Waals surface area contributed by atoms with Crippen LogP contribution in [0.25, 0.3) is 16.2 Å². The van der Waals surface area contributed by atoms with Gasteiger partial charge in [0.2, 0.25) is 5.95 Å². The number of H-pyrrole nitrogens is 1. The molecular weight excluding hydrogens is 452 g/mol. The molecule has 0 aromatic carbocycles. The lowest BCUT2D eigenvalue weighted by Gasteiger charge is -2.10. The van der Waals surface area contributed by atoms with E-state index in [0.29, 0.717) is 30.2 Å². The summed E-state index contributed by atoms with van der Waals surface area (Å²) in [6.45, 7) is 0.757. The van der Waals surface area contributed by atoms with Gasteiger partial charge in [-0.15, -0.1) is 16.4 Å². The number of aromatic nitrogens is 6. The lowest BCUT2D eigenvalue weighted by molar-refractivity contribution is -0.140. The third-order valence-corrected chi connectivity index (χ3v) is 5.76. The van der Waals surface area contributed by atoms with Gasteiger partial charge in [0.15, 0.2) is 11.3 Å². The van der Waals surface area contributed by atoms with Crippen molar-refractivity contribution in [1.82, 2.24) is 29.8 Å². The van der Waals surface area contributed by atoms with E-state index in [2.05, 4.69) is 30.6 Å². The molecule has 14 heteroatoms. The molecule has 1 amide bonds. The van der Waals surface area contributed by atoms with Gasteiger partial charge in [-0.1, -0.05) is 0 Å². The molecule has 1 atom stereocenters. The number of carbonyl (C=O) groups is 1. The molecule has 0 radical (unpaired) electrons. The van der Waals surface area contributed by atoms with Crippen LogP contribution in [0.3, 0.4) is 0 Å². The molecule has 5 heterocycles. The Hall–Kier alpha value is -3.55. The summed E-state index contributed by atoms with van der Waals surface area (Å²) in [5.74, 6) is -0.209. The van der Waals surface area contributed by atoms with Crippen molar-refractivity contribution in [2.45, 2.75) is 18.8 Å². The number of anilines is 2. The maximum absolute atomic E-state index is 13.5. The second-order valence-corrected chi connectivity index (χ2v) is 7.97. The van der Waals surface area contributed by atoms with E-state index in [0.717, 1.165) is 16.7 Å². The molecule has 1 unspecified atom stereocenters. The number of alkyl halides is 4. The molecule has 5 rings (SSSR count). The van der Waals surface area contributed by atoms with Gasteiger partial charge in [-0.2, -0.15) is 23.3 Å². The fourth-order valence-electron chi connectivity index (χ4n) is 3.32. The fourth-order valence-corrected chi connectivity index (χ4v) is 4.17. The van der Waals surface area contributed by atoms with Crippen molar-refractivity contribution in [3.63, 3.8) is 0 Å². The van der Waals surface area contributed by atoms with Gasteiger partial charge in [0.1, 0.15) is 16.9 Å². The van der Waals surface area contributed by atoms with E-state index in [4.69, 9.17) is 0 Å². The van der Waals surface area contributed by atoms with E-state index in [1.165, 1.54) is 10.7 Å². The van der Waals surface area contributed by atoms with Crippen LogP contribution in [0.5, 0.6) is 0 Å². The molecule has 4 aromatic rings. The zero-order chi connectivity index (χ0) is 22.5. The number of halogens is 4. The number of thiazole rings is 1. The molecular formula is C18H14F4N8OS. The highest BCUT2D eigenvalue weighted by Gasteiger charge is 2.34. The molecule has 1 aliphatic rings. The van der Waals surface area contributed by atoms with Crippen LogP contribution in [0.1, 0.15) is 22.6 Å². The number of amides is 1. The lowest BCUT2D eigenvalue weighted by Crippen LogP contribution is -2.21. The third-order valence-electron chi connectivity index (χ3n) is 4.89. The van der Waals surface area contributed by atoms with Gasteiger partial charge in [-0.3, -0.25) is 9.89 Å². The summed E-state index contributed by atoms with van der Waals surface area (Å²) in [5, 5.41) is 14.1. The van der Waals surface area contributed by atoms with Crippen LogP contribution < -0.4 is 10.2 Å². The predicted molar refractivity (Wildman–Crippen MR) is 107 cm³/mol. The first kappa shape index (κ1) is 20.4. The molecule has 4 aromatic heterocycles. The topological polar surface area (TPSA) is 104 Å². The van der Waals surface area contributed by atoms with Crippen molar-refractivity contribution in [2.24, 2.45) is 0 Å². The van der Waals surface area contributed by atoms with Gasteiger partial charge in [-0.05, 0) is 12.5 Å². The number of pyridine rings is 1. The van der Waals surface area contributed by atoms with E-state index >= 15 is 0 Å². The van der Waals surface area contributed by atoms with E-state index in [-0.39, 0.29) is 22.8 Å². The Kier molecular flexibility index (Phi) is 4.80. The minimum absolute atomic E-state index is 0.0190. The van der Waals surface area contributed by atoms with Crippen molar-refractivity contribution in [2.75, 3.05) is 23.3 Å². The average molecular weight is 466 g/mol. The highest BCUT2D eigenvalue weighted by Crippen LogP contribution is 2.34. The Morgan fingerprint density at radius 1 is 1.31 bits per heavy atom. The molecule has 2 N–H and O–H groups in total. The molecule has 1 fully saturated rings. The maximum Gasteiger partial charge on any atom is 0.434 e. The molecule has 9 nitrogen and oxygen atoms in total. The van der Waals surface area contributed by atoms with E-state index in [1.54, 1.807) is 23.2 Å². The smallest absolute Gasteiger partial charge is 0.336 e. The normalized spacial score (nSPS) is 16.8. The third kappa shape index (κ3) is 3.77. The fraction of sp³-hybridized carbons (Fsp3) is 0.278. The Morgan fingerprint density at radius 3 is 2.88 bits per heavy atom. The molecule has 32 heavy (non-hydrogen) atoms. The summed E-state index contributed by atoms with van der Waals surface area (Å²) in [7, 11) is 0. The number of hydrogen-bond donors (Lipinski definition) is 2. The number of carbonyl (C=O) groups excluding carboxylic acids is 1. The largest absolute Gasteiger partial charge is 0.434 e. The monoisotopic (exact) mass is 466 g/mol. The second kappa shape index (κ2) is 7.55. The summed E-state index contributed by atoms with van der Waals surface area (Å²) >= 11 is 0.765. The Labute approximate surface area is 181 Å². The molecule has 0 aliphatic carbocycles. The van der Waals surface area contributed by atoms with Gasteiger partial charge < -0.3 is 10.2 Å². The van der Waals surface area contributed by atoms with Crippen molar-refractivity contribution in [3.05, 3.63) is 41.3 Å². The molecule has 0 spiro atoms. The first-order chi connectivity index (χ1) is 15.3. The average Bonchev–Trinajstić information content (AvgIpc) is 3.50. The van der Waals surface area contributed by atoms with Crippen LogP contribution in [0.4, 0.5) is 29.2 Å². The minimum atomic E-state index is -4.58. The van der Waals surface area contributed by atoms with Gasteiger partial charge in [0.25, 0.3) is 5.91 Å². The van der Waals surface area contributed by atoms with Crippen LogP contribution >= 0.6 is 11.3 Å². The van der Waals surface area contributed by atoms with Gasteiger partial charge in [0, 0.05) is 29.9 Å². The molecule has 166 valence electrons. The summed E-state index contributed by atoms with van der Waals surface area (Å²) in [6, 6.07) is 3.17. The second-order valence-electron chi connectivity index (χ2n) is 7.11. The first-order valence-electron chi connectivity index (χ1n) is 9.41. The van der Waals surface area contributed by atoms with Crippen LogP contribution in [0, 0.1) is 0 Å². The zero-order valence-electron chi connectivity index (χ0n) is 16.1. The van der Waals surface area contributed by atoms with E-state index in [1.807, 2.05) is 0 Å². The van der Waals surface area contributed by atoms with Crippen molar-refractivity contribution >= 4 is 34.5 Å². The van der Waals surface area contributed by atoms with Crippen molar-refractivity contribution in [1.29, 1.82) is 0 Å². The molecule has 1 aliphatic heterocycles. The molecule has 1 saturated heterocycles. The predicted octanol–water partition coefficient (Wildman–Crippen LogP) is 3.40. The highest BCUT2D eigenvalue weighted by atomic mass is 32.1. The Balaban J connectivity index is 1.36. The van der Waals surface area contributed by atoms with Crippen molar-refractivity contribution in [3.8, 4) is 10.6 Å². The highest BCUT2D eigenvalue weighted by molar-refractivity contribution is 7.13. The van der Waals surface area contributed by atoms with Crippen LogP contribution in [-0.2, 0) is 6.18 Å². The lowest BCUT2D eigenvalue weighted by atomic mass is 10.2. The number of fused-ring (bicyclic) bond motifs is 1. The summed E-state index contributed by atoms with van der Waals surface area (Å²) in [4.78, 5) is 22.4. The number of hydrogen-bond acceptors (Lipinski definition) is 7.